The Morgan fingerprint density at radius 1 is 0.914 bits per heavy atom. The summed E-state index contributed by atoms with van der Waals surface area (Å²) in [6, 6.07) is 21.2. The van der Waals surface area contributed by atoms with E-state index >= 15 is 0 Å². The van der Waals surface area contributed by atoms with Gasteiger partial charge in [0.1, 0.15) is 5.75 Å². The van der Waals surface area contributed by atoms with E-state index in [0.717, 1.165) is 18.5 Å². The molecule has 8 heteroatoms. The van der Waals surface area contributed by atoms with Crippen LogP contribution in [-0.4, -0.2) is 39.6 Å². The van der Waals surface area contributed by atoms with Crippen LogP contribution in [0.5, 0.6) is 5.75 Å². The molecule has 0 N–H and O–H groups in total. The maximum Gasteiger partial charge on any atom is 0.264 e. The monoisotopic (exact) mass is 576 g/mol. The molecule has 35 heavy (non-hydrogen) atoms. The molecule has 0 spiro atoms. The Morgan fingerprint density at radius 3 is 2.34 bits per heavy atom. The summed E-state index contributed by atoms with van der Waals surface area (Å²) < 4.78 is 35.8. The number of likely N-dealkylation sites (tertiary alicyclic amines) is 1. The first kappa shape index (κ1) is 26.0. The Hall–Kier alpha value is -2.06. The topological polar surface area (TPSA) is 49.9 Å². The molecule has 3 aromatic rings. The summed E-state index contributed by atoms with van der Waals surface area (Å²) in [7, 11) is -3.87. The highest BCUT2D eigenvalue weighted by Crippen LogP contribution is 2.34. The van der Waals surface area contributed by atoms with Crippen LogP contribution < -0.4 is 9.04 Å². The molecule has 0 bridgehead atoms. The average molecular weight is 578 g/mol. The third-order valence-corrected chi connectivity index (χ3v) is 8.83. The molecule has 1 aliphatic rings. The number of rotatable bonds is 10. The number of hydrogen-bond donors (Lipinski definition) is 0. The summed E-state index contributed by atoms with van der Waals surface area (Å²) in [5.41, 5.74) is 1.36. The summed E-state index contributed by atoms with van der Waals surface area (Å²) in [6.07, 6.45) is 4.81. The summed E-state index contributed by atoms with van der Waals surface area (Å²) >= 11 is 9.54. The van der Waals surface area contributed by atoms with Crippen LogP contribution in [0, 0.1) is 0 Å². The number of piperidine rings is 1. The third-order valence-electron chi connectivity index (χ3n) is 6.13. The zero-order chi connectivity index (χ0) is 24.7. The molecule has 1 heterocycles. The number of hydrogen-bond acceptors (Lipinski definition) is 4. The maximum atomic E-state index is 13.8. The number of anilines is 1. The number of ether oxygens (including phenoxy) is 1. The number of nitrogens with zero attached hydrogens (tertiary/aromatic N) is 2. The minimum Gasteiger partial charge on any atom is -0.493 e. The van der Waals surface area contributed by atoms with Crippen molar-refractivity contribution in [3.05, 3.63) is 87.9 Å². The largest absolute Gasteiger partial charge is 0.493 e. The molecule has 0 aromatic heterocycles. The van der Waals surface area contributed by atoms with Gasteiger partial charge in [-0.3, -0.25) is 4.31 Å². The van der Waals surface area contributed by atoms with Gasteiger partial charge in [-0.05, 0) is 90.7 Å². The molecule has 0 amide bonds. The van der Waals surface area contributed by atoms with Crippen molar-refractivity contribution in [1.29, 1.82) is 0 Å². The number of para-hydroxylation sites is 2. The van der Waals surface area contributed by atoms with Gasteiger partial charge in [0.2, 0.25) is 0 Å². The predicted molar refractivity (Wildman–Crippen MR) is 146 cm³/mol. The van der Waals surface area contributed by atoms with E-state index in [1.165, 1.54) is 48.8 Å². The minimum atomic E-state index is -3.87. The van der Waals surface area contributed by atoms with Crippen molar-refractivity contribution >= 4 is 43.2 Å². The molecule has 4 rings (SSSR count). The number of halogens is 2. The van der Waals surface area contributed by atoms with Crippen molar-refractivity contribution in [2.24, 2.45) is 0 Å². The maximum absolute atomic E-state index is 13.8. The van der Waals surface area contributed by atoms with Gasteiger partial charge in [-0.25, -0.2) is 8.42 Å². The zero-order valence-corrected chi connectivity index (χ0v) is 22.7. The van der Waals surface area contributed by atoms with Gasteiger partial charge in [-0.1, -0.05) is 48.4 Å². The van der Waals surface area contributed by atoms with Crippen LogP contribution in [0.4, 0.5) is 5.69 Å². The van der Waals surface area contributed by atoms with Gasteiger partial charge in [0.15, 0.2) is 0 Å². The Bertz CT molecular complexity index is 1220. The van der Waals surface area contributed by atoms with Crippen LogP contribution in [0.15, 0.2) is 82.2 Å². The molecule has 5 nitrogen and oxygen atoms in total. The molecule has 0 saturated carbocycles. The van der Waals surface area contributed by atoms with E-state index in [1.807, 2.05) is 42.5 Å². The minimum absolute atomic E-state index is 0.135. The van der Waals surface area contributed by atoms with E-state index in [1.54, 1.807) is 18.2 Å². The number of sulfonamides is 1. The first-order chi connectivity index (χ1) is 16.9. The van der Waals surface area contributed by atoms with Gasteiger partial charge in [0, 0.05) is 21.6 Å². The summed E-state index contributed by atoms with van der Waals surface area (Å²) in [5, 5.41) is 0.486. The highest BCUT2D eigenvalue weighted by Gasteiger charge is 2.27. The molecule has 1 saturated heterocycles. The lowest BCUT2D eigenvalue weighted by Crippen LogP contribution is -2.31. The first-order valence-electron chi connectivity index (χ1n) is 11.9. The molecule has 1 aliphatic heterocycles. The molecule has 0 atom stereocenters. The summed E-state index contributed by atoms with van der Waals surface area (Å²) in [6.45, 7) is 4.08. The second kappa shape index (κ2) is 12.3. The normalized spacial score (nSPS) is 14.6. The van der Waals surface area contributed by atoms with Gasteiger partial charge in [0.05, 0.1) is 23.7 Å². The van der Waals surface area contributed by atoms with Crippen molar-refractivity contribution in [1.82, 2.24) is 4.90 Å². The molecule has 0 radical (unpaired) electrons. The predicted octanol–water partition coefficient (Wildman–Crippen LogP) is 6.75. The second-order valence-corrected chi connectivity index (χ2v) is 11.8. The van der Waals surface area contributed by atoms with Crippen LogP contribution in [0.25, 0.3) is 0 Å². The Kier molecular flexibility index (Phi) is 9.11. The van der Waals surface area contributed by atoms with Crippen LogP contribution in [0.1, 0.15) is 31.2 Å². The highest BCUT2D eigenvalue weighted by atomic mass is 79.9. The lowest BCUT2D eigenvalue weighted by molar-refractivity contribution is 0.204. The van der Waals surface area contributed by atoms with E-state index in [2.05, 4.69) is 20.8 Å². The van der Waals surface area contributed by atoms with Gasteiger partial charge in [-0.15, -0.1) is 0 Å². The Balaban J connectivity index is 1.56. The van der Waals surface area contributed by atoms with Crippen molar-refractivity contribution < 1.29 is 13.2 Å². The van der Waals surface area contributed by atoms with Gasteiger partial charge >= 0.3 is 0 Å². The van der Waals surface area contributed by atoms with Crippen LogP contribution >= 0.6 is 27.5 Å². The Morgan fingerprint density at radius 2 is 1.60 bits per heavy atom. The fraction of sp³-hybridized carbons (Fsp3) is 0.333. The van der Waals surface area contributed by atoms with Crippen molar-refractivity contribution in [3.8, 4) is 5.75 Å². The molecule has 0 unspecified atom stereocenters. The smallest absolute Gasteiger partial charge is 0.264 e. The van der Waals surface area contributed by atoms with Gasteiger partial charge < -0.3 is 9.64 Å². The van der Waals surface area contributed by atoms with Gasteiger partial charge in [0.25, 0.3) is 10.0 Å². The van der Waals surface area contributed by atoms with Crippen molar-refractivity contribution in [2.75, 3.05) is 30.5 Å². The van der Waals surface area contributed by atoms with Crippen molar-refractivity contribution in [3.63, 3.8) is 0 Å². The summed E-state index contributed by atoms with van der Waals surface area (Å²) in [4.78, 5) is 2.67. The fourth-order valence-corrected chi connectivity index (χ4v) is 6.47. The van der Waals surface area contributed by atoms with Crippen LogP contribution in [-0.2, 0) is 16.6 Å². The molecular weight excluding hydrogens is 548 g/mol. The third kappa shape index (κ3) is 6.79. The first-order valence-corrected chi connectivity index (χ1v) is 14.5. The molecule has 0 aliphatic carbocycles. The van der Waals surface area contributed by atoms with E-state index in [0.29, 0.717) is 27.5 Å². The van der Waals surface area contributed by atoms with E-state index in [9.17, 15) is 8.42 Å². The molecule has 1 fully saturated rings. The second-order valence-electron chi connectivity index (χ2n) is 8.63. The fourth-order valence-electron chi connectivity index (χ4n) is 4.27. The molecular formula is C27H30BrClN2O3S. The van der Waals surface area contributed by atoms with Crippen LogP contribution in [0.2, 0.25) is 5.02 Å². The van der Waals surface area contributed by atoms with Gasteiger partial charge in [-0.2, -0.15) is 0 Å². The SMILES string of the molecule is O=S(=O)(c1ccc(Cl)cc1)N(Cc1ccccc1OCCCN1CCCCC1)c1ccccc1Br. The van der Waals surface area contributed by atoms with E-state index in [-0.39, 0.29) is 11.4 Å². The lowest BCUT2D eigenvalue weighted by atomic mass is 10.1. The molecule has 3 aromatic carbocycles. The quantitative estimate of drug-likeness (QED) is 0.250. The Labute approximate surface area is 221 Å². The lowest BCUT2D eigenvalue weighted by Gasteiger charge is -2.27. The van der Waals surface area contributed by atoms with E-state index in [4.69, 9.17) is 16.3 Å². The summed E-state index contributed by atoms with van der Waals surface area (Å²) in [5.74, 6) is 0.703. The standard InChI is InChI=1S/C27H30BrClN2O3S/c28-25-10-3-4-11-26(25)31(35(32,33)24-15-13-23(29)14-16-24)21-22-9-2-5-12-27(22)34-20-8-19-30-17-6-1-7-18-30/h2-5,9-16H,1,6-8,17-21H2. The molecule has 186 valence electrons. The zero-order valence-electron chi connectivity index (χ0n) is 19.6. The average Bonchev–Trinajstić information content (AvgIpc) is 2.87. The van der Waals surface area contributed by atoms with Crippen molar-refractivity contribution in [2.45, 2.75) is 37.1 Å². The number of benzene rings is 3. The highest BCUT2D eigenvalue weighted by molar-refractivity contribution is 9.10. The van der Waals surface area contributed by atoms with Crippen LogP contribution in [0.3, 0.4) is 0 Å². The van der Waals surface area contributed by atoms with E-state index < -0.39 is 10.0 Å².